The predicted molar refractivity (Wildman–Crippen MR) is 86.6 cm³/mol. The van der Waals surface area contributed by atoms with Crippen LogP contribution in [0.3, 0.4) is 0 Å². The maximum atomic E-state index is 9.54. The van der Waals surface area contributed by atoms with Crippen molar-refractivity contribution in [2.45, 2.75) is 25.7 Å². The van der Waals surface area contributed by atoms with E-state index >= 15 is 0 Å². The quantitative estimate of drug-likeness (QED) is 0.909. The average Bonchev–Trinajstić information content (AvgIpc) is 2.59. The van der Waals surface area contributed by atoms with Crippen LogP contribution in [-0.4, -0.2) is 23.2 Å². The van der Waals surface area contributed by atoms with Crippen molar-refractivity contribution in [2.24, 2.45) is 0 Å². The summed E-state index contributed by atoms with van der Waals surface area (Å²) >= 11 is 0. The molecule has 0 atom stereocenters. The number of benzene rings is 1. The van der Waals surface area contributed by atoms with Crippen LogP contribution in [0.2, 0.25) is 0 Å². The molecule has 0 bridgehead atoms. The number of aliphatic hydroxyl groups excluding tert-OH is 1. The lowest BCUT2D eigenvalue weighted by Crippen LogP contribution is -2.15. The standard InChI is InChI=1S/C18H19N3O/c19-12-16-17(13-6-2-1-3-7-13)18(20-10-11-22)14-8-4-5-9-15(14)21-16/h1-3,6-7,22H,4-5,8-11H2,(H,20,21). The molecule has 22 heavy (non-hydrogen) atoms. The Kier molecular flexibility index (Phi) is 4.36. The van der Waals surface area contributed by atoms with Crippen LogP contribution in [0, 0.1) is 11.3 Å². The molecule has 0 radical (unpaired) electrons. The van der Waals surface area contributed by atoms with Gasteiger partial charge in [-0.05, 0) is 36.8 Å². The predicted octanol–water partition coefficient (Wildman–Crippen LogP) is 2.90. The SMILES string of the molecule is N#Cc1nc2c(c(NCCO)c1-c1ccccc1)CCCC2. The first kappa shape index (κ1) is 14.6. The van der Waals surface area contributed by atoms with Crippen molar-refractivity contribution in [3.63, 3.8) is 0 Å². The van der Waals surface area contributed by atoms with Crippen LogP contribution in [0.1, 0.15) is 29.8 Å². The molecule has 0 amide bonds. The lowest BCUT2D eigenvalue weighted by Gasteiger charge is -2.23. The van der Waals surface area contributed by atoms with Gasteiger partial charge < -0.3 is 10.4 Å². The summed E-state index contributed by atoms with van der Waals surface area (Å²) in [6.07, 6.45) is 4.16. The highest BCUT2D eigenvalue weighted by atomic mass is 16.3. The van der Waals surface area contributed by atoms with Gasteiger partial charge in [0.1, 0.15) is 6.07 Å². The lowest BCUT2D eigenvalue weighted by atomic mass is 9.89. The van der Waals surface area contributed by atoms with Crippen molar-refractivity contribution in [2.75, 3.05) is 18.5 Å². The zero-order valence-corrected chi connectivity index (χ0v) is 12.5. The minimum absolute atomic E-state index is 0.0627. The largest absolute Gasteiger partial charge is 0.395 e. The van der Waals surface area contributed by atoms with Crippen LogP contribution in [0.4, 0.5) is 5.69 Å². The second-order valence-electron chi connectivity index (χ2n) is 5.47. The summed E-state index contributed by atoms with van der Waals surface area (Å²) in [4.78, 5) is 4.61. The molecule has 2 aromatic rings. The molecule has 1 aromatic heterocycles. The molecule has 0 fully saturated rings. The van der Waals surface area contributed by atoms with E-state index in [2.05, 4.69) is 16.4 Å². The number of aryl methyl sites for hydroxylation is 1. The molecule has 1 aliphatic rings. The fourth-order valence-corrected chi connectivity index (χ4v) is 3.08. The highest BCUT2D eigenvalue weighted by molar-refractivity contribution is 5.84. The Morgan fingerprint density at radius 2 is 1.95 bits per heavy atom. The molecule has 0 aliphatic heterocycles. The number of aromatic nitrogens is 1. The van der Waals surface area contributed by atoms with E-state index in [0.29, 0.717) is 12.2 Å². The van der Waals surface area contributed by atoms with Crippen molar-refractivity contribution < 1.29 is 5.11 Å². The van der Waals surface area contributed by atoms with E-state index in [1.165, 1.54) is 5.56 Å². The van der Waals surface area contributed by atoms with Crippen LogP contribution < -0.4 is 5.32 Å². The molecule has 112 valence electrons. The summed E-state index contributed by atoms with van der Waals surface area (Å²) in [5.41, 5.74) is 5.52. The number of anilines is 1. The molecule has 1 aliphatic carbocycles. The third-order valence-corrected chi connectivity index (χ3v) is 4.06. The monoisotopic (exact) mass is 293 g/mol. The Balaban J connectivity index is 2.23. The van der Waals surface area contributed by atoms with E-state index in [-0.39, 0.29) is 6.61 Å². The van der Waals surface area contributed by atoms with Crippen LogP contribution in [0.5, 0.6) is 0 Å². The van der Waals surface area contributed by atoms with E-state index in [1.54, 1.807) is 0 Å². The van der Waals surface area contributed by atoms with Crippen molar-refractivity contribution in [3.05, 3.63) is 47.3 Å². The number of hydrogen-bond acceptors (Lipinski definition) is 4. The number of fused-ring (bicyclic) bond motifs is 1. The average molecular weight is 293 g/mol. The fraction of sp³-hybridized carbons (Fsp3) is 0.333. The summed E-state index contributed by atoms with van der Waals surface area (Å²) in [6, 6.07) is 12.1. The Bertz CT molecular complexity index is 705. The maximum absolute atomic E-state index is 9.54. The van der Waals surface area contributed by atoms with Crippen LogP contribution in [0.25, 0.3) is 11.1 Å². The highest BCUT2D eigenvalue weighted by Crippen LogP contribution is 2.37. The normalized spacial score (nSPS) is 13.3. The Labute approximate surface area is 130 Å². The Hall–Kier alpha value is -2.38. The van der Waals surface area contributed by atoms with E-state index in [0.717, 1.165) is 48.2 Å². The van der Waals surface area contributed by atoms with Crippen LogP contribution in [0.15, 0.2) is 30.3 Å². The first-order valence-electron chi connectivity index (χ1n) is 7.71. The van der Waals surface area contributed by atoms with Crippen LogP contribution in [-0.2, 0) is 12.8 Å². The molecule has 0 unspecified atom stereocenters. The molecule has 0 spiro atoms. The zero-order chi connectivity index (χ0) is 15.4. The van der Waals surface area contributed by atoms with Gasteiger partial charge in [-0.25, -0.2) is 4.98 Å². The van der Waals surface area contributed by atoms with Gasteiger partial charge in [0.15, 0.2) is 5.69 Å². The molecule has 0 saturated carbocycles. The number of pyridine rings is 1. The van der Waals surface area contributed by atoms with E-state index in [4.69, 9.17) is 0 Å². The summed E-state index contributed by atoms with van der Waals surface area (Å²) in [5, 5.41) is 22.0. The second-order valence-corrected chi connectivity index (χ2v) is 5.47. The van der Waals surface area contributed by atoms with Crippen molar-refractivity contribution in [1.82, 2.24) is 4.98 Å². The second kappa shape index (κ2) is 6.59. The van der Waals surface area contributed by atoms with Gasteiger partial charge in [0.25, 0.3) is 0 Å². The zero-order valence-electron chi connectivity index (χ0n) is 12.5. The first-order chi connectivity index (χ1) is 10.8. The summed E-state index contributed by atoms with van der Waals surface area (Å²) in [5.74, 6) is 0. The van der Waals surface area contributed by atoms with Gasteiger partial charge in [-0.1, -0.05) is 30.3 Å². The van der Waals surface area contributed by atoms with E-state index < -0.39 is 0 Å². The smallest absolute Gasteiger partial charge is 0.150 e. The molecule has 1 aromatic carbocycles. The van der Waals surface area contributed by atoms with Gasteiger partial charge in [-0.3, -0.25) is 0 Å². The minimum Gasteiger partial charge on any atom is -0.395 e. The van der Waals surface area contributed by atoms with Gasteiger partial charge >= 0.3 is 0 Å². The number of nitrogens with one attached hydrogen (secondary N) is 1. The summed E-state index contributed by atoms with van der Waals surface area (Å²) in [7, 11) is 0. The van der Waals surface area contributed by atoms with Gasteiger partial charge in [0.05, 0.1) is 12.3 Å². The third kappa shape index (κ3) is 2.68. The van der Waals surface area contributed by atoms with Crippen molar-refractivity contribution in [3.8, 4) is 17.2 Å². The molecule has 4 heteroatoms. The van der Waals surface area contributed by atoms with Crippen molar-refractivity contribution in [1.29, 1.82) is 5.26 Å². The molecule has 3 rings (SSSR count). The number of nitrogens with zero attached hydrogens (tertiary/aromatic N) is 2. The third-order valence-electron chi connectivity index (χ3n) is 4.06. The van der Waals surface area contributed by atoms with Gasteiger partial charge in [0, 0.05) is 17.8 Å². The number of nitriles is 1. The molecular formula is C18H19N3O. The fourth-order valence-electron chi connectivity index (χ4n) is 3.08. The molecule has 2 N–H and O–H groups in total. The summed E-state index contributed by atoms with van der Waals surface area (Å²) in [6.45, 7) is 0.536. The number of hydrogen-bond donors (Lipinski definition) is 2. The van der Waals surface area contributed by atoms with E-state index in [1.807, 2.05) is 30.3 Å². The lowest BCUT2D eigenvalue weighted by molar-refractivity contribution is 0.311. The van der Waals surface area contributed by atoms with Gasteiger partial charge in [-0.2, -0.15) is 5.26 Å². The van der Waals surface area contributed by atoms with Gasteiger partial charge in [0.2, 0.25) is 0 Å². The molecule has 4 nitrogen and oxygen atoms in total. The highest BCUT2D eigenvalue weighted by Gasteiger charge is 2.22. The number of rotatable bonds is 4. The topological polar surface area (TPSA) is 68.9 Å². The minimum atomic E-state index is 0.0627. The molecular weight excluding hydrogens is 274 g/mol. The first-order valence-corrected chi connectivity index (χ1v) is 7.71. The number of aliphatic hydroxyl groups is 1. The molecule has 0 saturated heterocycles. The Morgan fingerprint density at radius 1 is 1.18 bits per heavy atom. The maximum Gasteiger partial charge on any atom is 0.150 e. The Morgan fingerprint density at radius 3 is 2.68 bits per heavy atom. The van der Waals surface area contributed by atoms with Crippen molar-refractivity contribution >= 4 is 5.69 Å². The summed E-state index contributed by atoms with van der Waals surface area (Å²) < 4.78 is 0. The van der Waals surface area contributed by atoms with Gasteiger partial charge in [-0.15, -0.1) is 0 Å². The molecule has 1 heterocycles. The van der Waals surface area contributed by atoms with Crippen LogP contribution >= 0.6 is 0 Å². The van der Waals surface area contributed by atoms with E-state index in [9.17, 15) is 10.4 Å².